The number of anilines is 1. The smallest absolute Gasteiger partial charge is 0.244 e. The van der Waals surface area contributed by atoms with Crippen LogP contribution in [0, 0.1) is 0 Å². The zero-order chi connectivity index (χ0) is 21.5. The Balaban J connectivity index is 1.76. The van der Waals surface area contributed by atoms with Gasteiger partial charge in [-0.05, 0) is 50.1 Å². The third kappa shape index (κ3) is 5.52. The number of nitrogens with zero attached hydrogens (tertiary/aromatic N) is 2. The topological polar surface area (TPSA) is 61.9 Å². The van der Waals surface area contributed by atoms with Gasteiger partial charge in [0.2, 0.25) is 11.8 Å². The Morgan fingerprint density at radius 1 is 1.13 bits per heavy atom. The van der Waals surface area contributed by atoms with Crippen LogP contribution in [-0.4, -0.2) is 55.4 Å². The number of benzene rings is 2. The van der Waals surface area contributed by atoms with E-state index in [1.165, 1.54) is 7.11 Å². The number of likely N-dealkylation sites (N-methyl/N-ethyl adjacent to an activating group) is 1. The second-order valence-electron chi connectivity index (χ2n) is 7.51. The molecule has 6 nitrogen and oxygen atoms in total. The number of hydrogen-bond donors (Lipinski definition) is 1. The highest BCUT2D eigenvalue weighted by Gasteiger charge is 2.31. The number of ether oxygens (including phenoxy) is 1. The summed E-state index contributed by atoms with van der Waals surface area (Å²) in [5.74, 6) is 0.321. The zero-order valence-corrected chi connectivity index (χ0v) is 18.2. The van der Waals surface area contributed by atoms with Crippen LogP contribution in [0.2, 0.25) is 5.02 Å². The molecule has 7 heteroatoms. The molecule has 1 saturated heterocycles. The van der Waals surface area contributed by atoms with Crippen molar-refractivity contribution in [2.45, 2.75) is 25.3 Å². The van der Waals surface area contributed by atoms with Crippen LogP contribution in [-0.2, 0) is 9.59 Å². The Morgan fingerprint density at radius 2 is 1.83 bits per heavy atom. The molecule has 2 aromatic carbocycles. The highest BCUT2D eigenvalue weighted by atomic mass is 35.5. The molecule has 1 atom stereocenters. The van der Waals surface area contributed by atoms with Crippen molar-refractivity contribution in [3.63, 3.8) is 0 Å². The first kappa shape index (κ1) is 22.1. The van der Waals surface area contributed by atoms with Gasteiger partial charge in [0.25, 0.3) is 0 Å². The summed E-state index contributed by atoms with van der Waals surface area (Å²) in [5, 5.41) is 3.34. The van der Waals surface area contributed by atoms with E-state index < -0.39 is 6.04 Å². The van der Waals surface area contributed by atoms with Gasteiger partial charge in [-0.1, -0.05) is 41.9 Å². The fraction of sp³-hybridized carbons (Fsp3) is 0.391. The Morgan fingerprint density at radius 3 is 2.50 bits per heavy atom. The average molecular weight is 430 g/mol. The van der Waals surface area contributed by atoms with Gasteiger partial charge in [0.1, 0.15) is 11.8 Å². The molecule has 0 aliphatic carbocycles. The van der Waals surface area contributed by atoms with Gasteiger partial charge in [0.15, 0.2) is 0 Å². The lowest BCUT2D eigenvalue weighted by Crippen LogP contribution is -2.45. The predicted molar refractivity (Wildman–Crippen MR) is 119 cm³/mol. The van der Waals surface area contributed by atoms with E-state index >= 15 is 0 Å². The van der Waals surface area contributed by atoms with Gasteiger partial charge in [-0.25, -0.2) is 0 Å². The summed E-state index contributed by atoms with van der Waals surface area (Å²) in [6.07, 6.45) is 3.19. The number of carbonyl (C=O) groups excluding carboxylic acids is 2. The Bertz CT molecular complexity index is 869. The van der Waals surface area contributed by atoms with Crippen molar-refractivity contribution in [3.8, 4) is 5.75 Å². The van der Waals surface area contributed by atoms with Crippen molar-refractivity contribution in [1.29, 1.82) is 0 Å². The highest BCUT2D eigenvalue weighted by molar-refractivity contribution is 6.31. The first-order valence-electron chi connectivity index (χ1n) is 10.2. The molecule has 30 heavy (non-hydrogen) atoms. The number of halogens is 1. The van der Waals surface area contributed by atoms with E-state index in [4.69, 9.17) is 16.3 Å². The molecule has 3 rings (SSSR count). The number of carbonyl (C=O) groups is 2. The minimum absolute atomic E-state index is 0.0385. The quantitative estimate of drug-likeness (QED) is 0.723. The zero-order valence-electron chi connectivity index (χ0n) is 17.4. The van der Waals surface area contributed by atoms with E-state index in [1.807, 2.05) is 35.2 Å². The van der Waals surface area contributed by atoms with E-state index in [0.29, 0.717) is 16.5 Å². The van der Waals surface area contributed by atoms with E-state index in [9.17, 15) is 9.59 Å². The fourth-order valence-electron chi connectivity index (χ4n) is 3.79. The maximum Gasteiger partial charge on any atom is 0.244 e. The molecule has 1 fully saturated rings. The lowest BCUT2D eigenvalue weighted by Gasteiger charge is -2.34. The molecule has 0 radical (unpaired) electrons. The van der Waals surface area contributed by atoms with Crippen LogP contribution < -0.4 is 10.1 Å². The molecule has 1 aliphatic heterocycles. The largest absolute Gasteiger partial charge is 0.495 e. The van der Waals surface area contributed by atoms with Crippen LogP contribution >= 0.6 is 11.6 Å². The molecule has 1 aliphatic rings. The molecular formula is C23H28ClN3O3. The second kappa shape index (κ2) is 10.5. The van der Waals surface area contributed by atoms with E-state index in [-0.39, 0.29) is 18.4 Å². The van der Waals surface area contributed by atoms with Crippen LogP contribution in [0.15, 0.2) is 48.5 Å². The standard InChI is InChI=1S/C23H28ClN3O3/c1-26(16-21(28)25-19-15-18(24)11-12-20(19)30-2)22(17-9-5-3-6-10-17)23(29)27-13-7-4-8-14-27/h3,5-6,9-12,15,22H,4,7-8,13-14,16H2,1-2H3,(H,25,28). The van der Waals surface area contributed by atoms with Crippen molar-refractivity contribution in [1.82, 2.24) is 9.80 Å². The van der Waals surface area contributed by atoms with Crippen LogP contribution in [0.4, 0.5) is 5.69 Å². The van der Waals surface area contributed by atoms with Gasteiger partial charge in [0, 0.05) is 18.1 Å². The first-order valence-corrected chi connectivity index (χ1v) is 10.5. The molecule has 160 valence electrons. The summed E-state index contributed by atoms with van der Waals surface area (Å²) >= 11 is 6.05. The highest BCUT2D eigenvalue weighted by Crippen LogP contribution is 2.28. The van der Waals surface area contributed by atoms with Gasteiger partial charge < -0.3 is 15.0 Å². The number of amides is 2. The van der Waals surface area contributed by atoms with Crippen LogP contribution in [0.3, 0.4) is 0 Å². The number of nitrogens with one attached hydrogen (secondary N) is 1. The Kier molecular flexibility index (Phi) is 7.71. The van der Waals surface area contributed by atoms with E-state index in [2.05, 4.69) is 5.32 Å². The third-order valence-electron chi connectivity index (χ3n) is 5.29. The van der Waals surface area contributed by atoms with Crippen LogP contribution in [0.5, 0.6) is 5.75 Å². The van der Waals surface area contributed by atoms with E-state index in [1.54, 1.807) is 30.1 Å². The minimum atomic E-state index is -0.517. The average Bonchev–Trinajstić information content (AvgIpc) is 2.75. The van der Waals surface area contributed by atoms with Gasteiger partial charge >= 0.3 is 0 Å². The molecule has 1 N–H and O–H groups in total. The van der Waals surface area contributed by atoms with Crippen molar-refractivity contribution in [2.75, 3.05) is 39.1 Å². The number of likely N-dealkylation sites (tertiary alicyclic amines) is 1. The molecule has 0 saturated carbocycles. The predicted octanol–water partition coefficient (Wildman–Crippen LogP) is 3.97. The summed E-state index contributed by atoms with van der Waals surface area (Å²) in [4.78, 5) is 29.8. The first-order chi connectivity index (χ1) is 14.5. The normalized spacial score (nSPS) is 15.0. The maximum atomic E-state index is 13.3. The van der Waals surface area contributed by atoms with Gasteiger partial charge in [-0.2, -0.15) is 0 Å². The Labute approximate surface area is 182 Å². The van der Waals surface area contributed by atoms with Crippen LogP contribution in [0.1, 0.15) is 30.9 Å². The Hall–Kier alpha value is -2.57. The monoisotopic (exact) mass is 429 g/mol. The summed E-state index contributed by atoms with van der Waals surface area (Å²) in [6, 6.07) is 14.1. The lowest BCUT2D eigenvalue weighted by molar-refractivity contribution is -0.138. The molecule has 2 amide bonds. The fourth-order valence-corrected chi connectivity index (χ4v) is 3.97. The molecule has 0 bridgehead atoms. The van der Waals surface area contributed by atoms with Gasteiger partial charge in [0.05, 0.1) is 19.3 Å². The van der Waals surface area contributed by atoms with Crippen molar-refractivity contribution < 1.29 is 14.3 Å². The molecule has 1 unspecified atom stereocenters. The number of piperidine rings is 1. The van der Waals surface area contributed by atoms with Crippen molar-refractivity contribution >= 4 is 29.1 Å². The summed E-state index contributed by atoms with van der Waals surface area (Å²) < 4.78 is 5.29. The summed E-state index contributed by atoms with van der Waals surface area (Å²) in [7, 11) is 3.34. The number of methoxy groups -OCH3 is 1. The molecular weight excluding hydrogens is 402 g/mol. The van der Waals surface area contributed by atoms with Crippen LogP contribution in [0.25, 0.3) is 0 Å². The third-order valence-corrected chi connectivity index (χ3v) is 5.52. The summed E-state index contributed by atoms with van der Waals surface area (Å²) in [5.41, 5.74) is 1.38. The van der Waals surface area contributed by atoms with E-state index in [0.717, 1.165) is 37.9 Å². The lowest BCUT2D eigenvalue weighted by atomic mass is 10.0. The van der Waals surface area contributed by atoms with Gasteiger partial charge in [-0.15, -0.1) is 0 Å². The van der Waals surface area contributed by atoms with Crippen molar-refractivity contribution in [2.24, 2.45) is 0 Å². The SMILES string of the molecule is COc1ccc(Cl)cc1NC(=O)CN(C)C(C(=O)N1CCCCC1)c1ccccc1. The minimum Gasteiger partial charge on any atom is -0.495 e. The molecule has 0 spiro atoms. The van der Waals surface area contributed by atoms with Crippen molar-refractivity contribution in [3.05, 3.63) is 59.1 Å². The molecule has 2 aromatic rings. The summed E-state index contributed by atoms with van der Waals surface area (Å²) in [6.45, 7) is 1.58. The second-order valence-corrected chi connectivity index (χ2v) is 7.94. The molecule has 1 heterocycles. The maximum absolute atomic E-state index is 13.3. The number of hydrogen-bond acceptors (Lipinski definition) is 4. The van der Waals surface area contributed by atoms with Gasteiger partial charge in [-0.3, -0.25) is 14.5 Å². The molecule has 0 aromatic heterocycles. The number of rotatable bonds is 7.